The van der Waals surface area contributed by atoms with E-state index in [2.05, 4.69) is 151 Å². The first-order chi connectivity index (χ1) is 23.2. The third-order valence-corrected chi connectivity index (χ3v) is 9.45. The van der Waals surface area contributed by atoms with Crippen LogP contribution in [0.3, 0.4) is 0 Å². The van der Waals surface area contributed by atoms with E-state index in [9.17, 15) is 0 Å². The van der Waals surface area contributed by atoms with Gasteiger partial charge in [0.2, 0.25) is 0 Å². The summed E-state index contributed by atoms with van der Waals surface area (Å²) in [4.78, 5) is 2.25. The minimum atomic E-state index is -0.142. The molecule has 1 aromatic heterocycles. The van der Waals surface area contributed by atoms with Crippen LogP contribution >= 0.6 is 0 Å². The number of aryl methyl sites for hydroxylation is 2. The topological polar surface area (TPSA) is 16.4 Å². The molecule has 0 saturated heterocycles. The Labute approximate surface area is 289 Å². The lowest BCUT2D eigenvalue weighted by atomic mass is 9.82. The molecule has 1 aliphatic rings. The molecule has 0 atom stereocenters. The van der Waals surface area contributed by atoms with E-state index in [-0.39, 0.29) is 5.41 Å². The average molecular weight is 636 g/mol. The van der Waals surface area contributed by atoms with Crippen LogP contribution in [-0.2, 0) is 11.8 Å². The fourth-order valence-corrected chi connectivity index (χ4v) is 6.65. The normalized spacial score (nSPS) is 13.8. The molecule has 2 nitrogen and oxygen atoms in total. The highest BCUT2D eigenvalue weighted by Gasteiger charge is 2.38. The highest BCUT2D eigenvalue weighted by Crippen LogP contribution is 2.53. The summed E-state index contributed by atoms with van der Waals surface area (Å²) in [6, 6.07) is 20.0. The van der Waals surface area contributed by atoms with Gasteiger partial charge >= 0.3 is 0 Å². The molecule has 0 radical (unpaired) electrons. The summed E-state index contributed by atoms with van der Waals surface area (Å²) in [7, 11) is 2.13. The number of hydrogen-bond acceptors (Lipinski definition) is 2. The van der Waals surface area contributed by atoms with Gasteiger partial charge in [-0.25, -0.2) is 0 Å². The minimum absolute atomic E-state index is 0.142. The van der Waals surface area contributed by atoms with Crippen LogP contribution in [0.5, 0.6) is 0 Å². The van der Waals surface area contributed by atoms with E-state index in [0.29, 0.717) is 0 Å². The fourth-order valence-electron chi connectivity index (χ4n) is 6.65. The van der Waals surface area contributed by atoms with Gasteiger partial charge in [-0.2, -0.15) is 0 Å². The molecule has 4 aromatic rings. The Hall–Kier alpha value is -4.82. The third kappa shape index (κ3) is 7.04. The molecule has 2 heteroatoms. The van der Waals surface area contributed by atoms with Crippen molar-refractivity contribution < 1.29 is 4.42 Å². The first-order valence-electron chi connectivity index (χ1n) is 17.3. The van der Waals surface area contributed by atoms with Gasteiger partial charge in [0, 0.05) is 41.2 Å². The van der Waals surface area contributed by atoms with Crippen molar-refractivity contribution in [2.24, 2.45) is 0 Å². The van der Waals surface area contributed by atoms with E-state index in [0.717, 1.165) is 64.3 Å². The molecule has 0 N–H and O–H groups in total. The van der Waals surface area contributed by atoms with E-state index in [1.54, 1.807) is 6.08 Å². The van der Waals surface area contributed by atoms with Crippen molar-refractivity contribution >= 4 is 27.8 Å². The standard InChI is InChI=1S/C44H47NO.C2H6/c1-10-14-16-21-41-31(6)37-26-27-39-42(43(37)46-41)38-25-24-36(29-40(38)44(39,7)8)45(9)35(13-4)23-22-30(5)33-19-17-20-34(28-33)32(12-3)18-15-11-2;1-2/h10-13,15,17-20,22-29H,1-2,5,14,16,21H2,3-4,6-9H3;1-2H3/b18-15-,23-22-,32-12+,35-13+;. The molecule has 48 heavy (non-hydrogen) atoms. The highest BCUT2D eigenvalue weighted by atomic mass is 16.3. The smallest absolute Gasteiger partial charge is 0.142 e. The summed E-state index contributed by atoms with van der Waals surface area (Å²) in [5, 5.41) is 1.22. The number of furan rings is 1. The maximum atomic E-state index is 6.63. The maximum absolute atomic E-state index is 6.63. The summed E-state index contributed by atoms with van der Waals surface area (Å²) in [6.07, 6.45) is 19.3. The van der Waals surface area contributed by atoms with Crippen molar-refractivity contribution in [3.8, 4) is 11.1 Å². The number of allylic oxidation sites excluding steroid dienone is 10. The van der Waals surface area contributed by atoms with Crippen molar-refractivity contribution in [1.82, 2.24) is 0 Å². The van der Waals surface area contributed by atoms with Gasteiger partial charge in [0.05, 0.1) is 0 Å². The molecule has 0 amide bonds. The van der Waals surface area contributed by atoms with Gasteiger partial charge in [-0.1, -0.05) is 120 Å². The Morgan fingerprint density at radius 2 is 1.65 bits per heavy atom. The van der Waals surface area contributed by atoms with Crippen LogP contribution < -0.4 is 4.90 Å². The first-order valence-corrected chi connectivity index (χ1v) is 17.3. The molecule has 5 rings (SSSR count). The lowest BCUT2D eigenvalue weighted by Crippen LogP contribution is -2.18. The van der Waals surface area contributed by atoms with Gasteiger partial charge < -0.3 is 9.32 Å². The van der Waals surface area contributed by atoms with Crippen molar-refractivity contribution in [3.63, 3.8) is 0 Å². The molecule has 3 aromatic carbocycles. The zero-order valence-electron chi connectivity index (χ0n) is 30.4. The van der Waals surface area contributed by atoms with Crippen LogP contribution in [0.25, 0.3) is 33.2 Å². The molecule has 0 unspecified atom stereocenters. The number of hydrogen-bond donors (Lipinski definition) is 0. The quantitative estimate of drug-likeness (QED) is 0.0875. The number of unbranched alkanes of at least 4 members (excludes halogenated alkanes) is 1. The molecule has 0 bridgehead atoms. The van der Waals surface area contributed by atoms with Crippen LogP contribution in [0.4, 0.5) is 5.69 Å². The molecule has 0 spiro atoms. The summed E-state index contributed by atoms with van der Waals surface area (Å²) in [5.41, 5.74) is 13.9. The third-order valence-electron chi connectivity index (χ3n) is 9.45. The molecule has 0 saturated carbocycles. The van der Waals surface area contributed by atoms with Gasteiger partial charge in [-0.15, -0.1) is 6.58 Å². The second-order valence-electron chi connectivity index (χ2n) is 12.6. The van der Waals surface area contributed by atoms with E-state index in [1.165, 1.54) is 33.2 Å². The fraction of sp³-hybridized carbons (Fsp3) is 0.261. The summed E-state index contributed by atoms with van der Waals surface area (Å²) in [6.45, 7) is 27.1. The van der Waals surface area contributed by atoms with E-state index < -0.39 is 0 Å². The lowest BCUT2D eigenvalue weighted by Gasteiger charge is -2.25. The number of benzene rings is 3. The first kappa shape index (κ1) is 36.0. The molecule has 1 heterocycles. The van der Waals surface area contributed by atoms with Gasteiger partial charge in [-0.3, -0.25) is 0 Å². The molecule has 0 aliphatic heterocycles. The van der Waals surface area contributed by atoms with Crippen LogP contribution in [0, 0.1) is 6.92 Å². The van der Waals surface area contributed by atoms with E-state index >= 15 is 0 Å². The largest absolute Gasteiger partial charge is 0.460 e. The predicted octanol–water partition coefficient (Wildman–Crippen LogP) is 13.3. The Kier molecular flexibility index (Phi) is 11.9. The number of fused-ring (bicyclic) bond motifs is 5. The Morgan fingerprint density at radius 1 is 0.896 bits per heavy atom. The van der Waals surface area contributed by atoms with Crippen LogP contribution in [0.15, 0.2) is 133 Å². The van der Waals surface area contributed by atoms with Crippen LogP contribution in [0.2, 0.25) is 0 Å². The molecule has 0 fully saturated rings. The van der Waals surface area contributed by atoms with E-state index in [1.807, 2.05) is 26.0 Å². The second kappa shape index (κ2) is 15.8. The Bertz CT molecular complexity index is 1930. The lowest BCUT2D eigenvalue weighted by molar-refractivity contribution is 0.536. The zero-order valence-corrected chi connectivity index (χ0v) is 30.4. The Morgan fingerprint density at radius 3 is 2.33 bits per heavy atom. The van der Waals surface area contributed by atoms with Gasteiger partial charge in [-0.05, 0) is 102 Å². The number of nitrogens with zero attached hydrogens (tertiary/aromatic N) is 1. The van der Waals surface area contributed by atoms with Gasteiger partial charge in [0.25, 0.3) is 0 Å². The van der Waals surface area contributed by atoms with Crippen molar-refractivity contribution in [2.75, 3.05) is 11.9 Å². The Balaban J connectivity index is 0.00000255. The summed E-state index contributed by atoms with van der Waals surface area (Å²) >= 11 is 0. The second-order valence-corrected chi connectivity index (χ2v) is 12.6. The van der Waals surface area contributed by atoms with Crippen LogP contribution in [-0.4, -0.2) is 7.05 Å². The van der Waals surface area contributed by atoms with Gasteiger partial charge in [0.15, 0.2) is 0 Å². The number of rotatable bonds is 12. The summed E-state index contributed by atoms with van der Waals surface area (Å²) < 4.78 is 6.63. The summed E-state index contributed by atoms with van der Waals surface area (Å²) in [5.74, 6) is 1.09. The van der Waals surface area contributed by atoms with Crippen molar-refractivity contribution in [3.05, 3.63) is 162 Å². The molecule has 1 aliphatic carbocycles. The molecular weight excluding hydrogens is 583 g/mol. The highest BCUT2D eigenvalue weighted by molar-refractivity contribution is 6.01. The zero-order chi connectivity index (χ0) is 35.0. The van der Waals surface area contributed by atoms with Crippen LogP contribution in [0.1, 0.15) is 88.0 Å². The van der Waals surface area contributed by atoms with E-state index in [4.69, 9.17) is 4.42 Å². The van der Waals surface area contributed by atoms with Crippen molar-refractivity contribution in [2.45, 2.75) is 73.1 Å². The van der Waals surface area contributed by atoms with Gasteiger partial charge in [0.1, 0.15) is 11.3 Å². The molecule has 248 valence electrons. The monoisotopic (exact) mass is 635 g/mol. The predicted molar refractivity (Wildman–Crippen MR) is 213 cm³/mol. The number of anilines is 1. The average Bonchev–Trinajstić information content (AvgIpc) is 3.55. The maximum Gasteiger partial charge on any atom is 0.142 e. The minimum Gasteiger partial charge on any atom is -0.460 e. The SMILES string of the molecule is C=C/C=C\C(=C/C)c1cccc(C(=C)/C=C\C(=C/C)N(C)c2ccc3c(c2)C(C)(C)c2ccc4c(C)c(CCCC=C)oc4c2-3)c1.CC. The van der Waals surface area contributed by atoms with Crippen molar-refractivity contribution in [1.29, 1.82) is 0 Å². The number of likely N-dealkylation sites (N-methyl/N-ethyl adjacent to an activating group) is 1. The molecular formula is C46H53NO.